The minimum Gasteiger partial charge on any atom is -0.497 e. The molecule has 1 atom stereocenters. The molecule has 40 heavy (non-hydrogen) atoms. The molecule has 1 N–H and O–H groups in total. The molecule has 8 nitrogen and oxygen atoms in total. The summed E-state index contributed by atoms with van der Waals surface area (Å²) in [5.74, 6) is 1.60. The van der Waals surface area contributed by atoms with E-state index in [1.54, 1.807) is 7.11 Å². The number of aromatic nitrogens is 5. The van der Waals surface area contributed by atoms with Crippen molar-refractivity contribution in [3.63, 3.8) is 0 Å². The summed E-state index contributed by atoms with van der Waals surface area (Å²) in [7, 11) is 1.66. The monoisotopic (exact) mass is 536 g/mol. The Bertz CT molecular complexity index is 1640. The lowest BCUT2D eigenvalue weighted by molar-refractivity contribution is 0.172. The smallest absolute Gasteiger partial charge is 0.252 e. The molecule has 0 aliphatic carbocycles. The Balaban J connectivity index is 1.48. The molecule has 206 valence electrons. The van der Waals surface area contributed by atoms with Gasteiger partial charge in [-0.2, -0.15) is 0 Å². The number of ether oxygens (including phenoxy) is 1. The molecule has 5 rings (SSSR count). The zero-order valence-electron chi connectivity index (χ0n) is 23.6. The van der Waals surface area contributed by atoms with E-state index in [0.717, 1.165) is 58.6 Å². The first kappa shape index (κ1) is 27.3. The number of tetrazole rings is 1. The maximum Gasteiger partial charge on any atom is 0.252 e. The Morgan fingerprint density at radius 2 is 1.80 bits per heavy atom. The second kappa shape index (κ2) is 12.3. The van der Waals surface area contributed by atoms with Crippen LogP contribution in [0, 0.1) is 13.8 Å². The molecule has 0 radical (unpaired) electrons. The predicted molar refractivity (Wildman–Crippen MR) is 158 cm³/mol. The van der Waals surface area contributed by atoms with Gasteiger partial charge in [0.25, 0.3) is 5.56 Å². The van der Waals surface area contributed by atoms with Gasteiger partial charge in [-0.1, -0.05) is 55.0 Å². The molecule has 2 aromatic heterocycles. The average molecular weight is 537 g/mol. The number of benzene rings is 3. The Hall–Kier alpha value is -4.30. The molecule has 0 bridgehead atoms. The van der Waals surface area contributed by atoms with Crippen molar-refractivity contribution in [1.29, 1.82) is 0 Å². The minimum atomic E-state index is -0.0788. The first-order valence-corrected chi connectivity index (χ1v) is 13.7. The number of hydrogen-bond acceptors (Lipinski definition) is 6. The number of methoxy groups -OCH3 is 1. The molecule has 1 unspecified atom stereocenters. The predicted octanol–water partition coefficient (Wildman–Crippen LogP) is 5.38. The van der Waals surface area contributed by atoms with Crippen LogP contribution in [0.25, 0.3) is 10.9 Å². The van der Waals surface area contributed by atoms with E-state index in [1.807, 2.05) is 47.1 Å². The van der Waals surface area contributed by atoms with Crippen LogP contribution < -0.4 is 10.3 Å². The Morgan fingerprint density at radius 3 is 2.55 bits per heavy atom. The van der Waals surface area contributed by atoms with Crippen molar-refractivity contribution in [1.82, 2.24) is 30.1 Å². The van der Waals surface area contributed by atoms with Crippen molar-refractivity contribution in [2.45, 2.75) is 52.7 Å². The van der Waals surface area contributed by atoms with Crippen LogP contribution in [-0.4, -0.2) is 43.7 Å². The van der Waals surface area contributed by atoms with E-state index in [2.05, 4.69) is 76.5 Å². The van der Waals surface area contributed by atoms with Crippen molar-refractivity contribution in [2.75, 3.05) is 13.7 Å². The Kier molecular flexibility index (Phi) is 8.36. The zero-order valence-corrected chi connectivity index (χ0v) is 23.6. The van der Waals surface area contributed by atoms with Crippen LogP contribution in [0.2, 0.25) is 0 Å². The van der Waals surface area contributed by atoms with Crippen LogP contribution in [0.1, 0.15) is 53.0 Å². The Morgan fingerprint density at radius 1 is 1.00 bits per heavy atom. The minimum absolute atomic E-state index is 0.0649. The van der Waals surface area contributed by atoms with Gasteiger partial charge in [-0.15, -0.1) is 5.10 Å². The van der Waals surface area contributed by atoms with Crippen LogP contribution in [0.4, 0.5) is 0 Å². The normalized spacial score (nSPS) is 12.2. The number of rotatable bonds is 11. The molecule has 3 aromatic carbocycles. The van der Waals surface area contributed by atoms with Crippen molar-refractivity contribution >= 4 is 10.9 Å². The number of nitrogens with zero attached hydrogens (tertiary/aromatic N) is 5. The van der Waals surface area contributed by atoms with Gasteiger partial charge in [-0.3, -0.25) is 9.69 Å². The fourth-order valence-electron chi connectivity index (χ4n) is 5.28. The second-order valence-corrected chi connectivity index (χ2v) is 10.3. The summed E-state index contributed by atoms with van der Waals surface area (Å²) >= 11 is 0. The first-order valence-electron chi connectivity index (χ1n) is 13.7. The molecule has 0 fully saturated rings. The highest BCUT2D eigenvalue weighted by molar-refractivity contribution is 5.79. The standard InChI is InChI=1S/C32H36N6O2/c1-5-30(31-34-35-36-38(31)20-24-11-13-28(40-4)14-12-24)37(17-16-25-9-7-6-8-23(25)3)21-27-19-26-18-22(2)10-15-29(26)33-32(27)39/h6-15,18-19,30H,5,16-17,20-21H2,1-4H3,(H,33,39). The van der Waals surface area contributed by atoms with Gasteiger partial charge in [0.2, 0.25) is 0 Å². The summed E-state index contributed by atoms with van der Waals surface area (Å²) in [6.07, 6.45) is 1.65. The molecule has 0 aliphatic heterocycles. The van der Waals surface area contributed by atoms with Crippen LogP contribution in [0.5, 0.6) is 5.75 Å². The highest BCUT2D eigenvalue weighted by Gasteiger charge is 2.26. The molecular formula is C32H36N6O2. The molecule has 8 heteroatoms. The third-order valence-electron chi connectivity index (χ3n) is 7.56. The number of hydrogen-bond donors (Lipinski definition) is 1. The van der Waals surface area contributed by atoms with E-state index < -0.39 is 0 Å². The molecule has 2 heterocycles. The summed E-state index contributed by atoms with van der Waals surface area (Å²) in [5, 5.41) is 13.9. The van der Waals surface area contributed by atoms with Crippen molar-refractivity contribution in [3.8, 4) is 5.75 Å². The van der Waals surface area contributed by atoms with Crippen molar-refractivity contribution in [3.05, 3.63) is 117 Å². The summed E-state index contributed by atoms with van der Waals surface area (Å²) in [6.45, 7) is 8.14. The zero-order chi connectivity index (χ0) is 28.1. The quantitative estimate of drug-likeness (QED) is 0.244. The lowest BCUT2D eigenvalue weighted by Crippen LogP contribution is -2.34. The van der Waals surface area contributed by atoms with Gasteiger partial charge >= 0.3 is 0 Å². The third kappa shape index (κ3) is 6.13. The SMILES string of the molecule is CCC(c1nnnn1Cc1ccc(OC)cc1)N(CCc1ccccc1C)Cc1cc2cc(C)ccc2[nH]c1=O. The fraction of sp³-hybridized carbons (Fsp3) is 0.312. The lowest BCUT2D eigenvalue weighted by atomic mass is 10.0. The van der Waals surface area contributed by atoms with E-state index in [9.17, 15) is 4.79 Å². The highest BCUT2D eigenvalue weighted by atomic mass is 16.5. The molecular weight excluding hydrogens is 500 g/mol. The number of aromatic amines is 1. The molecule has 0 amide bonds. The molecule has 0 spiro atoms. The van der Waals surface area contributed by atoms with E-state index >= 15 is 0 Å². The number of aryl methyl sites for hydroxylation is 2. The number of H-pyrrole nitrogens is 1. The maximum absolute atomic E-state index is 13.2. The Labute approximate surface area is 234 Å². The highest BCUT2D eigenvalue weighted by Crippen LogP contribution is 2.26. The van der Waals surface area contributed by atoms with Gasteiger partial charge in [-0.05, 0) is 89.5 Å². The first-order chi connectivity index (χ1) is 19.4. The summed E-state index contributed by atoms with van der Waals surface area (Å²) < 4.78 is 7.17. The number of pyridine rings is 1. The molecule has 5 aromatic rings. The van der Waals surface area contributed by atoms with Gasteiger partial charge in [-0.25, -0.2) is 4.68 Å². The summed E-state index contributed by atoms with van der Waals surface area (Å²) in [6, 6.07) is 24.4. The lowest BCUT2D eigenvalue weighted by Gasteiger charge is -2.30. The largest absolute Gasteiger partial charge is 0.497 e. The molecule has 0 saturated heterocycles. The molecule has 0 saturated carbocycles. The summed E-state index contributed by atoms with van der Waals surface area (Å²) in [5.41, 5.74) is 6.31. The van der Waals surface area contributed by atoms with Crippen LogP contribution >= 0.6 is 0 Å². The van der Waals surface area contributed by atoms with Crippen molar-refractivity contribution in [2.24, 2.45) is 0 Å². The van der Waals surface area contributed by atoms with Gasteiger partial charge in [0.1, 0.15) is 5.75 Å². The number of fused-ring (bicyclic) bond motifs is 1. The van der Waals surface area contributed by atoms with E-state index in [0.29, 0.717) is 13.1 Å². The van der Waals surface area contributed by atoms with E-state index in [4.69, 9.17) is 4.74 Å². The van der Waals surface area contributed by atoms with E-state index in [-0.39, 0.29) is 11.6 Å². The average Bonchev–Trinajstić information content (AvgIpc) is 3.41. The maximum atomic E-state index is 13.2. The van der Waals surface area contributed by atoms with Crippen LogP contribution in [0.15, 0.2) is 77.6 Å². The summed E-state index contributed by atoms with van der Waals surface area (Å²) in [4.78, 5) is 18.6. The topological polar surface area (TPSA) is 88.9 Å². The number of nitrogens with one attached hydrogen (secondary N) is 1. The second-order valence-electron chi connectivity index (χ2n) is 10.3. The van der Waals surface area contributed by atoms with Gasteiger partial charge < -0.3 is 9.72 Å². The van der Waals surface area contributed by atoms with Gasteiger partial charge in [0.05, 0.1) is 19.7 Å². The van der Waals surface area contributed by atoms with Crippen LogP contribution in [0.3, 0.4) is 0 Å². The van der Waals surface area contributed by atoms with Gasteiger partial charge in [0, 0.05) is 24.2 Å². The third-order valence-corrected chi connectivity index (χ3v) is 7.56. The fourth-order valence-corrected chi connectivity index (χ4v) is 5.28. The van der Waals surface area contributed by atoms with Crippen LogP contribution in [-0.2, 0) is 19.5 Å². The van der Waals surface area contributed by atoms with Crippen molar-refractivity contribution < 1.29 is 4.74 Å². The molecule has 0 aliphatic rings. The van der Waals surface area contributed by atoms with Gasteiger partial charge in [0.15, 0.2) is 5.82 Å². The van der Waals surface area contributed by atoms with E-state index in [1.165, 1.54) is 11.1 Å².